The number of hydrogen-bond acceptors (Lipinski definition) is 4. The second kappa shape index (κ2) is 7.30. The van der Waals surface area contributed by atoms with Gasteiger partial charge in [-0.25, -0.2) is 4.98 Å². The highest BCUT2D eigenvalue weighted by Gasteiger charge is 2.21. The number of carbonyl (C=O) groups is 1. The summed E-state index contributed by atoms with van der Waals surface area (Å²) < 4.78 is 0. The van der Waals surface area contributed by atoms with Gasteiger partial charge < -0.3 is 10.4 Å². The molecule has 0 fully saturated rings. The van der Waals surface area contributed by atoms with E-state index in [-0.39, 0.29) is 11.7 Å². The third-order valence-electron chi connectivity index (χ3n) is 4.12. The number of aryl methyl sites for hydroxylation is 1. The van der Waals surface area contributed by atoms with E-state index in [9.17, 15) is 9.90 Å². The van der Waals surface area contributed by atoms with Crippen LogP contribution >= 0.6 is 0 Å². The summed E-state index contributed by atoms with van der Waals surface area (Å²) in [5.74, 6) is 0.0277. The highest BCUT2D eigenvalue weighted by atomic mass is 16.3. The third-order valence-corrected chi connectivity index (χ3v) is 4.12. The van der Waals surface area contributed by atoms with Crippen molar-refractivity contribution < 1.29 is 9.90 Å². The van der Waals surface area contributed by atoms with E-state index in [1.807, 2.05) is 50.2 Å². The third kappa shape index (κ3) is 3.60. The van der Waals surface area contributed by atoms with Crippen molar-refractivity contribution >= 4 is 16.8 Å². The average Bonchev–Trinajstić information content (AvgIpc) is 2.62. The molecule has 2 N–H and O–H groups in total. The molecule has 1 unspecified atom stereocenters. The van der Waals surface area contributed by atoms with Gasteiger partial charge in [-0.2, -0.15) is 0 Å². The quantitative estimate of drug-likeness (QED) is 0.746. The second-order valence-corrected chi connectivity index (χ2v) is 6.06. The molecule has 2 aromatic heterocycles. The van der Waals surface area contributed by atoms with Crippen molar-refractivity contribution in [3.05, 3.63) is 65.6 Å². The Kier molecular flexibility index (Phi) is 4.93. The normalized spacial score (nSPS) is 12.1. The van der Waals surface area contributed by atoms with Crippen LogP contribution in [0.2, 0.25) is 0 Å². The molecule has 5 heteroatoms. The van der Waals surface area contributed by atoms with Gasteiger partial charge in [0.05, 0.1) is 6.04 Å². The highest BCUT2D eigenvalue weighted by Crippen LogP contribution is 2.34. The monoisotopic (exact) mass is 335 g/mol. The number of pyridine rings is 2. The lowest BCUT2D eigenvalue weighted by molar-refractivity contribution is -0.121. The molecule has 0 radical (unpaired) electrons. The molecular formula is C20H21N3O2. The highest BCUT2D eigenvalue weighted by molar-refractivity contribution is 5.86. The molecule has 0 spiro atoms. The summed E-state index contributed by atoms with van der Waals surface area (Å²) in [6.07, 6.45) is 4.57. The number of fused-ring (bicyclic) bond motifs is 1. The van der Waals surface area contributed by atoms with Gasteiger partial charge in [0.2, 0.25) is 5.91 Å². The van der Waals surface area contributed by atoms with Crippen molar-refractivity contribution in [3.63, 3.8) is 0 Å². The van der Waals surface area contributed by atoms with Crippen LogP contribution in [0.25, 0.3) is 10.9 Å². The smallest absolute Gasteiger partial charge is 0.220 e. The number of aromatic hydroxyl groups is 1. The van der Waals surface area contributed by atoms with Crippen LogP contribution in [0.3, 0.4) is 0 Å². The van der Waals surface area contributed by atoms with E-state index in [0.717, 1.165) is 23.1 Å². The van der Waals surface area contributed by atoms with Gasteiger partial charge >= 0.3 is 0 Å². The molecule has 0 saturated heterocycles. The molecule has 128 valence electrons. The van der Waals surface area contributed by atoms with Crippen LogP contribution in [0.5, 0.6) is 5.75 Å². The SMILES string of the molecule is CCCC(=O)NC(c1cccnc1)c1ccc2ccc(C)nc2c1O. The molecule has 0 saturated carbocycles. The number of phenols is 1. The Morgan fingerprint density at radius 2 is 2.04 bits per heavy atom. The summed E-state index contributed by atoms with van der Waals surface area (Å²) in [5.41, 5.74) is 2.79. The Bertz CT molecular complexity index is 894. The first-order chi connectivity index (χ1) is 12.1. The molecule has 3 rings (SSSR count). The standard InChI is InChI=1S/C20H21N3O2/c1-3-5-17(24)23-18(15-6-4-11-21-12-15)16-10-9-14-8-7-13(2)22-19(14)20(16)25/h4,6-12,18,25H,3,5H2,1-2H3,(H,23,24). The van der Waals surface area contributed by atoms with E-state index in [2.05, 4.69) is 15.3 Å². The lowest BCUT2D eigenvalue weighted by Gasteiger charge is -2.21. The summed E-state index contributed by atoms with van der Waals surface area (Å²) in [5, 5.41) is 14.7. The number of phenolic OH excluding ortho intramolecular Hbond substituents is 1. The molecule has 5 nitrogen and oxygen atoms in total. The molecule has 25 heavy (non-hydrogen) atoms. The Hall–Kier alpha value is -2.95. The molecule has 3 aromatic rings. The number of hydrogen-bond donors (Lipinski definition) is 2. The van der Waals surface area contributed by atoms with E-state index in [1.54, 1.807) is 12.4 Å². The molecule has 0 bridgehead atoms. The summed E-state index contributed by atoms with van der Waals surface area (Å²) in [4.78, 5) is 20.8. The van der Waals surface area contributed by atoms with Gasteiger partial charge in [0.15, 0.2) is 0 Å². The number of aromatic nitrogens is 2. The van der Waals surface area contributed by atoms with Gasteiger partial charge in [-0.1, -0.05) is 31.2 Å². The van der Waals surface area contributed by atoms with Gasteiger partial charge in [-0.05, 0) is 31.0 Å². The number of nitrogens with one attached hydrogen (secondary N) is 1. The van der Waals surface area contributed by atoms with Crippen molar-refractivity contribution in [1.29, 1.82) is 0 Å². The van der Waals surface area contributed by atoms with Crippen LogP contribution in [-0.2, 0) is 4.79 Å². The fourth-order valence-corrected chi connectivity index (χ4v) is 2.87. The maximum absolute atomic E-state index is 12.2. The first kappa shape index (κ1) is 16.9. The Balaban J connectivity index is 2.11. The fourth-order valence-electron chi connectivity index (χ4n) is 2.87. The molecule has 0 aliphatic rings. The zero-order valence-electron chi connectivity index (χ0n) is 14.4. The summed E-state index contributed by atoms with van der Waals surface area (Å²) >= 11 is 0. The van der Waals surface area contributed by atoms with Crippen LogP contribution in [0.15, 0.2) is 48.8 Å². The average molecular weight is 335 g/mol. The van der Waals surface area contributed by atoms with Gasteiger partial charge in [0.25, 0.3) is 0 Å². The van der Waals surface area contributed by atoms with Gasteiger partial charge in [-0.15, -0.1) is 0 Å². The fraction of sp³-hybridized carbons (Fsp3) is 0.250. The van der Waals surface area contributed by atoms with Crippen molar-refractivity contribution in [2.45, 2.75) is 32.7 Å². The Morgan fingerprint density at radius 3 is 2.76 bits per heavy atom. The van der Waals surface area contributed by atoms with Crippen molar-refractivity contribution in [2.75, 3.05) is 0 Å². The maximum atomic E-state index is 12.2. The van der Waals surface area contributed by atoms with E-state index < -0.39 is 6.04 Å². The van der Waals surface area contributed by atoms with Gasteiger partial charge in [0, 0.05) is 35.5 Å². The molecule has 0 aliphatic carbocycles. The number of amides is 1. The van der Waals surface area contributed by atoms with E-state index >= 15 is 0 Å². The van der Waals surface area contributed by atoms with Crippen LogP contribution in [0, 0.1) is 6.92 Å². The van der Waals surface area contributed by atoms with E-state index in [0.29, 0.717) is 17.5 Å². The van der Waals surface area contributed by atoms with Crippen LogP contribution in [0.1, 0.15) is 42.6 Å². The van der Waals surface area contributed by atoms with Crippen LogP contribution in [0.4, 0.5) is 0 Å². The maximum Gasteiger partial charge on any atom is 0.220 e. The molecule has 1 amide bonds. The largest absolute Gasteiger partial charge is 0.505 e. The van der Waals surface area contributed by atoms with Crippen molar-refractivity contribution in [1.82, 2.24) is 15.3 Å². The lowest BCUT2D eigenvalue weighted by Crippen LogP contribution is -2.29. The molecule has 2 heterocycles. The number of nitrogens with zero attached hydrogens (tertiary/aromatic N) is 2. The predicted octanol–water partition coefficient (Wildman–Crippen LogP) is 3.65. The predicted molar refractivity (Wildman–Crippen MR) is 97.3 cm³/mol. The summed E-state index contributed by atoms with van der Waals surface area (Å²) in [7, 11) is 0. The van der Waals surface area contributed by atoms with Gasteiger partial charge in [0.1, 0.15) is 11.3 Å². The number of rotatable bonds is 5. The summed E-state index contributed by atoms with van der Waals surface area (Å²) in [6, 6.07) is 10.8. The van der Waals surface area contributed by atoms with E-state index in [1.165, 1.54) is 0 Å². The van der Waals surface area contributed by atoms with E-state index in [4.69, 9.17) is 0 Å². The topological polar surface area (TPSA) is 75.1 Å². The minimum Gasteiger partial charge on any atom is -0.505 e. The number of benzene rings is 1. The van der Waals surface area contributed by atoms with Crippen molar-refractivity contribution in [2.24, 2.45) is 0 Å². The Labute approximate surface area is 146 Å². The molecule has 1 aromatic carbocycles. The Morgan fingerprint density at radius 1 is 1.24 bits per heavy atom. The van der Waals surface area contributed by atoms with Crippen LogP contribution in [-0.4, -0.2) is 21.0 Å². The lowest BCUT2D eigenvalue weighted by atomic mass is 9.97. The minimum atomic E-state index is -0.473. The first-order valence-corrected chi connectivity index (χ1v) is 8.38. The summed E-state index contributed by atoms with van der Waals surface area (Å²) in [6.45, 7) is 3.84. The number of carbonyl (C=O) groups excluding carboxylic acids is 1. The minimum absolute atomic E-state index is 0.0620. The second-order valence-electron chi connectivity index (χ2n) is 6.06. The van der Waals surface area contributed by atoms with Crippen LogP contribution < -0.4 is 5.32 Å². The first-order valence-electron chi connectivity index (χ1n) is 8.38. The van der Waals surface area contributed by atoms with Gasteiger partial charge in [-0.3, -0.25) is 9.78 Å². The van der Waals surface area contributed by atoms with Crippen molar-refractivity contribution in [3.8, 4) is 5.75 Å². The zero-order chi connectivity index (χ0) is 17.8. The molecular weight excluding hydrogens is 314 g/mol. The zero-order valence-corrected chi connectivity index (χ0v) is 14.4. The molecule has 0 aliphatic heterocycles. The molecule has 1 atom stereocenters.